The molecule has 2 aromatic rings. The highest BCUT2D eigenvalue weighted by atomic mass is 35.5. The van der Waals surface area contributed by atoms with Crippen LogP contribution in [0.2, 0.25) is 5.02 Å². The number of sulfonamides is 1. The predicted octanol–water partition coefficient (Wildman–Crippen LogP) is 1.55. The molecule has 7 nitrogen and oxygen atoms in total. The van der Waals surface area contributed by atoms with Crippen LogP contribution in [-0.2, 0) is 26.0 Å². The normalized spacial score (nSPS) is 18.1. The minimum absolute atomic E-state index is 0.0329. The van der Waals surface area contributed by atoms with Crippen LogP contribution in [0, 0.1) is 5.92 Å². The highest BCUT2D eigenvalue weighted by Crippen LogP contribution is 2.23. The van der Waals surface area contributed by atoms with Crippen LogP contribution in [-0.4, -0.2) is 42.7 Å². The molecule has 1 fully saturated rings. The van der Waals surface area contributed by atoms with Gasteiger partial charge in [-0.15, -0.1) is 0 Å². The second-order valence-corrected chi connectivity index (χ2v) is 8.47. The van der Waals surface area contributed by atoms with Crippen LogP contribution in [0.25, 0.3) is 0 Å². The Morgan fingerprint density at radius 2 is 1.70 bits per heavy atom. The Balaban J connectivity index is 1.91. The lowest BCUT2D eigenvalue weighted by Crippen LogP contribution is -2.42. The largest absolute Gasteiger partial charge is 0.508 e. The number of hydrogen-bond acceptors (Lipinski definition) is 5. The van der Waals surface area contributed by atoms with Crippen molar-refractivity contribution in [2.24, 2.45) is 5.92 Å². The molecule has 2 aromatic carbocycles. The first-order valence-electron chi connectivity index (χ1n) is 8.14. The third-order valence-electron chi connectivity index (χ3n) is 4.25. The zero-order valence-electron chi connectivity index (χ0n) is 14.1. The van der Waals surface area contributed by atoms with Gasteiger partial charge in [0.05, 0.1) is 10.8 Å². The summed E-state index contributed by atoms with van der Waals surface area (Å²) in [6, 6.07) is 11.7. The number of hydrogen-bond donors (Lipinski definition) is 2. The number of aromatic hydroxyl groups is 1. The van der Waals surface area contributed by atoms with E-state index in [1.165, 1.54) is 36.4 Å². The molecule has 1 saturated heterocycles. The summed E-state index contributed by atoms with van der Waals surface area (Å²) in [5.74, 6) is -1.86. The van der Waals surface area contributed by atoms with Crippen molar-refractivity contribution < 1.29 is 23.1 Å². The van der Waals surface area contributed by atoms with Gasteiger partial charge in [0, 0.05) is 11.6 Å². The minimum atomic E-state index is -4.19. The van der Waals surface area contributed by atoms with E-state index in [-0.39, 0.29) is 23.6 Å². The van der Waals surface area contributed by atoms with Crippen molar-refractivity contribution >= 4 is 33.4 Å². The highest BCUT2D eigenvalue weighted by Gasteiger charge is 2.38. The number of rotatable bonds is 4. The Morgan fingerprint density at radius 1 is 1.07 bits per heavy atom. The number of carbonyl (C=O) groups is 2. The fourth-order valence-electron chi connectivity index (χ4n) is 2.81. The Morgan fingerprint density at radius 3 is 2.33 bits per heavy atom. The molecule has 1 aliphatic heterocycles. The summed E-state index contributed by atoms with van der Waals surface area (Å²) in [4.78, 5) is 24.8. The molecule has 0 saturated carbocycles. The van der Waals surface area contributed by atoms with Gasteiger partial charge in [0.15, 0.2) is 0 Å². The number of amides is 2. The van der Waals surface area contributed by atoms with Gasteiger partial charge in [-0.25, -0.2) is 12.7 Å². The number of nitrogens with one attached hydrogen (secondary N) is 1. The smallest absolute Gasteiger partial charge is 0.266 e. The maximum atomic E-state index is 12.9. The quantitative estimate of drug-likeness (QED) is 0.798. The zero-order chi connectivity index (χ0) is 19.6. The maximum Gasteiger partial charge on any atom is 0.266 e. The molecule has 0 bridgehead atoms. The third-order valence-corrected chi connectivity index (χ3v) is 6.26. The van der Waals surface area contributed by atoms with E-state index < -0.39 is 34.3 Å². The minimum Gasteiger partial charge on any atom is -0.508 e. The fraction of sp³-hybridized carbons (Fsp3) is 0.222. The first-order valence-corrected chi connectivity index (χ1v) is 9.96. The predicted molar refractivity (Wildman–Crippen MR) is 98.7 cm³/mol. The molecule has 142 valence electrons. The van der Waals surface area contributed by atoms with Crippen LogP contribution in [0.4, 0.5) is 0 Å². The van der Waals surface area contributed by atoms with E-state index in [9.17, 15) is 23.1 Å². The van der Waals surface area contributed by atoms with Crippen molar-refractivity contribution in [2.75, 3.05) is 13.1 Å². The Bertz CT molecular complexity index is 958. The van der Waals surface area contributed by atoms with Crippen LogP contribution in [0.3, 0.4) is 0 Å². The first-order chi connectivity index (χ1) is 12.8. The van der Waals surface area contributed by atoms with Gasteiger partial charge in [-0.05, 0) is 48.4 Å². The van der Waals surface area contributed by atoms with Crippen LogP contribution in [0.5, 0.6) is 5.75 Å². The molecule has 2 amide bonds. The van der Waals surface area contributed by atoms with E-state index in [1.807, 2.05) is 0 Å². The van der Waals surface area contributed by atoms with Crippen molar-refractivity contribution in [2.45, 2.75) is 11.3 Å². The van der Waals surface area contributed by atoms with Gasteiger partial charge < -0.3 is 10.4 Å². The molecular weight excluding hydrogens is 392 g/mol. The van der Waals surface area contributed by atoms with Gasteiger partial charge in [0.25, 0.3) is 10.0 Å². The lowest BCUT2D eigenvalue weighted by atomic mass is 9.98. The van der Waals surface area contributed by atoms with E-state index in [0.717, 1.165) is 5.56 Å². The molecule has 1 unspecified atom stereocenters. The second-order valence-electron chi connectivity index (χ2n) is 6.18. The van der Waals surface area contributed by atoms with Gasteiger partial charge in [0.2, 0.25) is 11.8 Å². The number of phenolic OH excluding ortho intramolecular Hbond substituents is 1. The molecule has 1 atom stereocenters. The standard InChI is InChI=1S/C18H17ClN2O5S/c19-14-3-7-16(8-4-14)27(25,26)21-11-17(23)20-10-13(18(21)24)9-12-1-5-15(22)6-2-12/h1-8,13,22H,9-11H2,(H,20,23). The third kappa shape index (κ3) is 4.23. The van der Waals surface area contributed by atoms with Crippen molar-refractivity contribution in [3.05, 3.63) is 59.1 Å². The lowest BCUT2D eigenvalue weighted by Gasteiger charge is -2.23. The molecule has 0 aliphatic carbocycles. The van der Waals surface area contributed by atoms with Crippen LogP contribution in [0.1, 0.15) is 5.56 Å². The number of phenols is 1. The van der Waals surface area contributed by atoms with E-state index >= 15 is 0 Å². The molecule has 9 heteroatoms. The summed E-state index contributed by atoms with van der Waals surface area (Å²) in [7, 11) is -4.19. The lowest BCUT2D eigenvalue weighted by molar-refractivity contribution is -0.131. The zero-order valence-corrected chi connectivity index (χ0v) is 15.7. The fourth-order valence-corrected chi connectivity index (χ4v) is 4.34. The number of benzene rings is 2. The van der Waals surface area contributed by atoms with E-state index in [2.05, 4.69) is 5.32 Å². The van der Waals surface area contributed by atoms with E-state index in [4.69, 9.17) is 11.6 Å². The molecule has 0 radical (unpaired) electrons. The Kier molecular flexibility index (Phi) is 5.38. The SMILES string of the molecule is O=C1CN(S(=O)(=O)c2ccc(Cl)cc2)C(=O)C(Cc2ccc(O)cc2)CN1. The van der Waals surface area contributed by atoms with Crippen molar-refractivity contribution in [1.82, 2.24) is 9.62 Å². The topological polar surface area (TPSA) is 104 Å². The number of carbonyl (C=O) groups excluding carboxylic acids is 2. The molecule has 1 heterocycles. The van der Waals surface area contributed by atoms with Crippen molar-refractivity contribution in [3.8, 4) is 5.75 Å². The van der Waals surface area contributed by atoms with Crippen LogP contribution >= 0.6 is 11.6 Å². The number of halogens is 1. The highest BCUT2D eigenvalue weighted by molar-refractivity contribution is 7.89. The summed E-state index contributed by atoms with van der Waals surface area (Å²) in [5.41, 5.74) is 0.742. The average Bonchev–Trinajstić information content (AvgIpc) is 2.77. The second kappa shape index (κ2) is 7.58. The van der Waals surface area contributed by atoms with Gasteiger partial charge in [0.1, 0.15) is 12.3 Å². The van der Waals surface area contributed by atoms with Crippen LogP contribution < -0.4 is 5.32 Å². The molecule has 27 heavy (non-hydrogen) atoms. The molecule has 3 rings (SSSR count). The summed E-state index contributed by atoms with van der Waals surface area (Å²) in [5, 5.41) is 12.3. The molecular formula is C18H17ClN2O5S. The molecule has 2 N–H and O–H groups in total. The molecule has 1 aliphatic rings. The van der Waals surface area contributed by atoms with E-state index in [1.54, 1.807) is 12.1 Å². The molecule has 0 aromatic heterocycles. The molecule has 0 spiro atoms. The monoisotopic (exact) mass is 408 g/mol. The summed E-state index contributed by atoms with van der Waals surface area (Å²) >= 11 is 5.79. The van der Waals surface area contributed by atoms with Crippen molar-refractivity contribution in [1.29, 1.82) is 0 Å². The van der Waals surface area contributed by atoms with Gasteiger partial charge >= 0.3 is 0 Å². The maximum absolute atomic E-state index is 12.9. The number of nitrogens with zero attached hydrogens (tertiary/aromatic N) is 1. The van der Waals surface area contributed by atoms with Gasteiger partial charge in [-0.2, -0.15) is 0 Å². The van der Waals surface area contributed by atoms with Gasteiger partial charge in [-0.1, -0.05) is 23.7 Å². The summed E-state index contributed by atoms with van der Waals surface area (Å²) in [6.45, 7) is -0.541. The first kappa shape index (κ1) is 19.2. The Hall–Kier alpha value is -2.58. The average molecular weight is 409 g/mol. The van der Waals surface area contributed by atoms with Crippen molar-refractivity contribution in [3.63, 3.8) is 0 Å². The summed E-state index contributed by atoms with van der Waals surface area (Å²) in [6.07, 6.45) is 0.228. The summed E-state index contributed by atoms with van der Waals surface area (Å²) < 4.78 is 26.4. The van der Waals surface area contributed by atoms with E-state index in [0.29, 0.717) is 9.33 Å². The van der Waals surface area contributed by atoms with Gasteiger partial charge in [-0.3, -0.25) is 9.59 Å². The van der Waals surface area contributed by atoms with Crippen LogP contribution in [0.15, 0.2) is 53.4 Å². The Labute approximate surface area is 161 Å².